The van der Waals surface area contributed by atoms with Gasteiger partial charge in [-0.3, -0.25) is 4.55 Å². The third kappa shape index (κ3) is 1.97. The lowest BCUT2D eigenvalue weighted by Gasteiger charge is -2.08. The second-order valence-electron chi connectivity index (χ2n) is 3.62. The number of hydrogen-bond donors (Lipinski definition) is 4. The zero-order valence-corrected chi connectivity index (χ0v) is 9.40. The van der Waals surface area contributed by atoms with Crippen LogP contribution in [-0.4, -0.2) is 18.1 Å². The monoisotopic (exact) mass is 254 g/mol. The molecule has 0 aromatic heterocycles. The molecule has 0 aliphatic heterocycles. The van der Waals surface area contributed by atoms with E-state index < -0.39 is 15.0 Å². The van der Waals surface area contributed by atoms with Crippen LogP contribution in [0.25, 0.3) is 10.8 Å². The van der Waals surface area contributed by atoms with Crippen molar-refractivity contribution in [3.05, 3.63) is 24.3 Å². The molecular weight excluding hydrogens is 244 g/mol. The fourth-order valence-electron chi connectivity index (χ4n) is 1.62. The summed E-state index contributed by atoms with van der Waals surface area (Å²) in [4.78, 5) is -0.418. The Hall–Kier alpha value is -1.99. The standard InChI is InChI=1S/C10H10N2O4S/c11-5-1-8-7(9(12)2-5)3-6(4-10(8)13)17(14,15)16/h1-4,13H,11-12H2,(H,14,15,16). The lowest BCUT2D eigenvalue weighted by molar-refractivity contribution is 0.471. The first-order chi connectivity index (χ1) is 7.79. The van der Waals surface area contributed by atoms with Gasteiger partial charge in [0, 0.05) is 28.2 Å². The SMILES string of the molecule is Nc1cc(N)c2cc(S(=O)(=O)O)cc(O)c2c1. The number of phenolic OH excluding ortho intramolecular Hbond substituents is 1. The van der Waals surface area contributed by atoms with Crippen molar-refractivity contribution in [1.82, 2.24) is 0 Å². The summed E-state index contributed by atoms with van der Waals surface area (Å²) < 4.78 is 30.9. The molecule has 6 nitrogen and oxygen atoms in total. The van der Waals surface area contributed by atoms with Crippen molar-refractivity contribution in [3.63, 3.8) is 0 Å². The van der Waals surface area contributed by atoms with Gasteiger partial charge in [-0.2, -0.15) is 8.42 Å². The van der Waals surface area contributed by atoms with E-state index in [1.54, 1.807) is 0 Å². The average molecular weight is 254 g/mol. The van der Waals surface area contributed by atoms with Crippen LogP contribution in [0.15, 0.2) is 29.2 Å². The summed E-state index contributed by atoms with van der Waals surface area (Å²) in [5, 5.41) is 10.3. The number of anilines is 2. The van der Waals surface area contributed by atoms with Crippen LogP contribution in [0.4, 0.5) is 11.4 Å². The molecule has 0 atom stereocenters. The fraction of sp³-hybridized carbons (Fsp3) is 0. The van der Waals surface area contributed by atoms with Crippen LogP contribution in [0.2, 0.25) is 0 Å². The van der Waals surface area contributed by atoms with E-state index in [0.29, 0.717) is 16.5 Å². The Kier molecular flexibility index (Phi) is 2.37. The first kappa shape index (κ1) is 11.5. The van der Waals surface area contributed by atoms with Gasteiger partial charge in [0.1, 0.15) is 5.75 Å². The van der Waals surface area contributed by atoms with Gasteiger partial charge in [0.2, 0.25) is 0 Å². The molecule has 90 valence electrons. The molecule has 0 saturated carbocycles. The molecule has 17 heavy (non-hydrogen) atoms. The van der Waals surface area contributed by atoms with Crippen molar-refractivity contribution < 1.29 is 18.1 Å². The van der Waals surface area contributed by atoms with E-state index in [2.05, 4.69) is 0 Å². The van der Waals surface area contributed by atoms with E-state index in [1.807, 2.05) is 0 Å². The highest BCUT2D eigenvalue weighted by Crippen LogP contribution is 2.33. The molecule has 2 aromatic rings. The van der Waals surface area contributed by atoms with Crippen LogP contribution in [0, 0.1) is 0 Å². The third-order valence-corrected chi connectivity index (χ3v) is 3.21. The van der Waals surface area contributed by atoms with E-state index in [-0.39, 0.29) is 11.4 Å². The molecule has 0 heterocycles. The summed E-state index contributed by atoms with van der Waals surface area (Å²) in [6, 6.07) is 5.03. The Morgan fingerprint density at radius 2 is 1.65 bits per heavy atom. The molecule has 0 radical (unpaired) electrons. The minimum Gasteiger partial charge on any atom is -0.507 e. The summed E-state index contributed by atoms with van der Waals surface area (Å²) in [7, 11) is -4.39. The molecular formula is C10H10N2O4S. The van der Waals surface area contributed by atoms with Gasteiger partial charge in [-0.15, -0.1) is 0 Å². The van der Waals surface area contributed by atoms with Crippen LogP contribution in [0.3, 0.4) is 0 Å². The lowest BCUT2D eigenvalue weighted by Crippen LogP contribution is -1.99. The molecule has 6 N–H and O–H groups in total. The molecule has 0 fully saturated rings. The fourth-order valence-corrected chi connectivity index (χ4v) is 2.14. The number of benzene rings is 2. The van der Waals surface area contributed by atoms with E-state index in [1.165, 1.54) is 18.2 Å². The highest BCUT2D eigenvalue weighted by atomic mass is 32.2. The van der Waals surface area contributed by atoms with E-state index in [9.17, 15) is 13.5 Å². The molecule has 2 aromatic carbocycles. The zero-order valence-electron chi connectivity index (χ0n) is 8.58. The maximum atomic E-state index is 11.0. The average Bonchev–Trinajstić information content (AvgIpc) is 2.17. The van der Waals surface area contributed by atoms with Crippen LogP contribution >= 0.6 is 0 Å². The van der Waals surface area contributed by atoms with Gasteiger partial charge >= 0.3 is 0 Å². The maximum absolute atomic E-state index is 11.0. The van der Waals surface area contributed by atoms with Gasteiger partial charge in [0.25, 0.3) is 10.1 Å². The van der Waals surface area contributed by atoms with Crippen molar-refractivity contribution in [1.29, 1.82) is 0 Å². The van der Waals surface area contributed by atoms with Crippen LogP contribution in [0.5, 0.6) is 5.75 Å². The predicted molar refractivity (Wildman–Crippen MR) is 64.3 cm³/mol. The number of nitrogen functional groups attached to an aromatic ring is 2. The zero-order chi connectivity index (χ0) is 12.8. The summed E-state index contributed by atoms with van der Waals surface area (Å²) in [5.74, 6) is -0.311. The van der Waals surface area contributed by atoms with Crippen molar-refractivity contribution in [2.75, 3.05) is 11.5 Å². The largest absolute Gasteiger partial charge is 0.507 e. The number of nitrogens with two attached hydrogens (primary N) is 2. The number of phenols is 1. The van der Waals surface area contributed by atoms with Gasteiger partial charge in [-0.05, 0) is 18.2 Å². The molecule has 0 amide bonds. The lowest BCUT2D eigenvalue weighted by atomic mass is 10.1. The van der Waals surface area contributed by atoms with Crippen LogP contribution in [-0.2, 0) is 10.1 Å². The van der Waals surface area contributed by atoms with Gasteiger partial charge < -0.3 is 16.6 Å². The van der Waals surface area contributed by atoms with Crippen molar-refractivity contribution in [2.45, 2.75) is 4.90 Å². The van der Waals surface area contributed by atoms with E-state index >= 15 is 0 Å². The Bertz CT molecular complexity index is 710. The van der Waals surface area contributed by atoms with Crippen LogP contribution < -0.4 is 11.5 Å². The molecule has 0 aliphatic carbocycles. The normalized spacial score (nSPS) is 11.8. The molecule has 0 aliphatic rings. The topological polar surface area (TPSA) is 127 Å². The van der Waals surface area contributed by atoms with Gasteiger partial charge in [0.15, 0.2) is 0 Å². The minimum atomic E-state index is -4.39. The molecule has 7 heteroatoms. The second-order valence-corrected chi connectivity index (χ2v) is 5.04. The summed E-state index contributed by atoms with van der Waals surface area (Å²) in [5.41, 5.74) is 11.8. The summed E-state index contributed by atoms with van der Waals surface area (Å²) in [6.07, 6.45) is 0. The van der Waals surface area contributed by atoms with E-state index in [4.69, 9.17) is 16.0 Å². The van der Waals surface area contributed by atoms with Gasteiger partial charge in [0.05, 0.1) is 4.90 Å². The summed E-state index contributed by atoms with van der Waals surface area (Å²) >= 11 is 0. The van der Waals surface area contributed by atoms with E-state index in [0.717, 1.165) is 6.07 Å². The van der Waals surface area contributed by atoms with Crippen molar-refractivity contribution >= 4 is 32.3 Å². The van der Waals surface area contributed by atoms with Gasteiger partial charge in [-0.1, -0.05) is 0 Å². The second kappa shape index (κ2) is 3.51. The molecule has 2 rings (SSSR count). The number of aromatic hydroxyl groups is 1. The quantitative estimate of drug-likeness (QED) is 0.443. The molecule has 0 spiro atoms. The molecule has 0 unspecified atom stereocenters. The van der Waals surface area contributed by atoms with Crippen LogP contribution in [0.1, 0.15) is 0 Å². The molecule has 0 bridgehead atoms. The predicted octanol–water partition coefficient (Wildman–Crippen LogP) is 0.957. The highest BCUT2D eigenvalue weighted by molar-refractivity contribution is 7.85. The first-order valence-electron chi connectivity index (χ1n) is 4.58. The van der Waals surface area contributed by atoms with Crippen molar-refractivity contribution in [2.24, 2.45) is 0 Å². The Balaban J connectivity index is 2.92. The Morgan fingerprint density at radius 3 is 2.24 bits per heavy atom. The maximum Gasteiger partial charge on any atom is 0.294 e. The molecule has 0 saturated heterocycles. The Labute approximate surface area is 97.2 Å². The minimum absolute atomic E-state index is 0.223. The smallest absolute Gasteiger partial charge is 0.294 e. The number of rotatable bonds is 1. The first-order valence-corrected chi connectivity index (χ1v) is 6.02. The summed E-state index contributed by atoms with van der Waals surface area (Å²) in [6.45, 7) is 0. The third-order valence-electron chi connectivity index (χ3n) is 2.37. The number of fused-ring (bicyclic) bond motifs is 1. The number of hydrogen-bond acceptors (Lipinski definition) is 5. The Morgan fingerprint density at radius 1 is 1.00 bits per heavy atom. The highest BCUT2D eigenvalue weighted by Gasteiger charge is 2.14. The van der Waals surface area contributed by atoms with Gasteiger partial charge in [-0.25, -0.2) is 0 Å². The van der Waals surface area contributed by atoms with Crippen molar-refractivity contribution in [3.8, 4) is 5.75 Å².